The second kappa shape index (κ2) is 8.83. The third kappa shape index (κ3) is 3.74. The SMILES string of the molecule is CN(Cc1cccc2c1ccn2S(=O)(=O)c1ccccc1)c1ccc([N+](=O)[O-])c2c(C#N)cccc12. The van der Waals surface area contributed by atoms with Crippen molar-refractivity contribution in [2.24, 2.45) is 0 Å². The summed E-state index contributed by atoms with van der Waals surface area (Å²) in [5.41, 5.74) is 2.29. The van der Waals surface area contributed by atoms with Gasteiger partial charge in [-0.05, 0) is 42.0 Å². The maximum Gasteiger partial charge on any atom is 0.278 e. The molecule has 36 heavy (non-hydrogen) atoms. The van der Waals surface area contributed by atoms with Crippen LogP contribution in [0.1, 0.15) is 11.1 Å². The average molecular weight is 497 g/mol. The average Bonchev–Trinajstić information content (AvgIpc) is 3.34. The summed E-state index contributed by atoms with van der Waals surface area (Å²) in [7, 11) is -1.90. The highest BCUT2D eigenvalue weighted by Crippen LogP contribution is 2.36. The van der Waals surface area contributed by atoms with Crippen LogP contribution in [0.4, 0.5) is 11.4 Å². The summed E-state index contributed by atoms with van der Waals surface area (Å²) in [6, 6.07) is 25.7. The molecule has 0 saturated heterocycles. The third-order valence-corrected chi connectivity index (χ3v) is 7.92. The number of anilines is 1. The van der Waals surface area contributed by atoms with E-state index in [9.17, 15) is 23.8 Å². The molecule has 9 heteroatoms. The van der Waals surface area contributed by atoms with Crippen molar-refractivity contribution >= 4 is 43.1 Å². The number of hydrogen-bond donors (Lipinski definition) is 0. The number of fused-ring (bicyclic) bond motifs is 2. The minimum absolute atomic E-state index is 0.121. The number of hydrogen-bond acceptors (Lipinski definition) is 6. The Morgan fingerprint density at radius 2 is 1.69 bits per heavy atom. The Balaban J connectivity index is 1.58. The lowest BCUT2D eigenvalue weighted by atomic mass is 10.0. The van der Waals surface area contributed by atoms with Gasteiger partial charge in [-0.15, -0.1) is 0 Å². The quantitative estimate of drug-likeness (QED) is 0.228. The first-order valence-electron chi connectivity index (χ1n) is 11.0. The van der Waals surface area contributed by atoms with Crippen molar-refractivity contribution in [3.63, 3.8) is 0 Å². The van der Waals surface area contributed by atoms with E-state index in [-0.39, 0.29) is 16.1 Å². The summed E-state index contributed by atoms with van der Waals surface area (Å²) in [5, 5.41) is 22.8. The molecule has 0 radical (unpaired) electrons. The zero-order valence-electron chi connectivity index (χ0n) is 19.2. The van der Waals surface area contributed by atoms with Crippen molar-refractivity contribution in [1.29, 1.82) is 5.26 Å². The number of non-ortho nitro benzene ring substituents is 1. The van der Waals surface area contributed by atoms with Crippen LogP contribution in [0.15, 0.2) is 96.0 Å². The monoisotopic (exact) mass is 496 g/mol. The summed E-state index contributed by atoms with van der Waals surface area (Å²) >= 11 is 0. The number of aromatic nitrogens is 1. The molecule has 8 nitrogen and oxygen atoms in total. The van der Waals surface area contributed by atoms with Crippen LogP contribution in [0.3, 0.4) is 0 Å². The van der Waals surface area contributed by atoms with Crippen LogP contribution in [0.5, 0.6) is 0 Å². The number of nitro groups is 1. The number of rotatable bonds is 6. The Morgan fingerprint density at radius 1 is 0.944 bits per heavy atom. The standard InChI is InChI=1S/C27H20N4O4S/c1-29(24-13-14-26(31(32)33)27-19(17-28)7-5-11-23(24)27)18-20-8-6-12-25-22(20)15-16-30(25)36(34,35)21-9-3-2-4-10-21/h2-16H,18H2,1H3. The van der Waals surface area contributed by atoms with Gasteiger partial charge in [-0.2, -0.15) is 5.26 Å². The van der Waals surface area contributed by atoms with Gasteiger partial charge in [0.05, 0.1) is 26.3 Å². The van der Waals surface area contributed by atoms with E-state index in [2.05, 4.69) is 6.07 Å². The Labute approximate surface area is 207 Å². The molecule has 0 saturated carbocycles. The predicted molar refractivity (Wildman–Crippen MR) is 138 cm³/mol. The second-order valence-electron chi connectivity index (χ2n) is 8.34. The number of nitrogens with zero attached hydrogens (tertiary/aromatic N) is 4. The topological polar surface area (TPSA) is 109 Å². The van der Waals surface area contributed by atoms with Gasteiger partial charge in [0.15, 0.2) is 0 Å². The highest BCUT2D eigenvalue weighted by Gasteiger charge is 2.22. The van der Waals surface area contributed by atoms with Gasteiger partial charge in [0, 0.05) is 42.3 Å². The molecule has 0 spiro atoms. The van der Waals surface area contributed by atoms with E-state index in [4.69, 9.17) is 0 Å². The lowest BCUT2D eigenvalue weighted by molar-refractivity contribution is -0.383. The van der Waals surface area contributed by atoms with E-state index in [1.165, 1.54) is 10.0 Å². The molecule has 0 atom stereocenters. The maximum absolute atomic E-state index is 13.2. The van der Waals surface area contributed by atoms with Crippen LogP contribution in [0.2, 0.25) is 0 Å². The van der Waals surface area contributed by atoms with E-state index in [0.717, 1.165) is 16.6 Å². The molecular formula is C27H20N4O4S. The van der Waals surface area contributed by atoms with Crippen LogP contribution in [0, 0.1) is 21.4 Å². The Bertz CT molecular complexity index is 1790. The van der Waals surface area contributed by atoms with Gasteiger partial charge in [-0.25, -0.2) is 12.4 Å². The largest absolute Gasteiger partial charge is 0.370 e. The van der Waals surface area contributed by atoms with Crippen LogP contribution in [-0.2, 0) is 16.6 Å². The Hall–Kier alpha value is -4.68. The summed E-state index contributed by atoms with van der Waals surface area (Å²) in [6.07, 6.45) is 1.55. The zero-order chi connectivity index (χ0) is 25.4. The normalized spacial score (nSPS) is 11.4. The molecule has 1 aromatic heterocycles. The molecule has 5 rings (SSSR count). The predicted octanol–water partition coefficient (Wildman–Crippen LogP) is 5.45. The molecule has 0 aliphatic carbocycles. The summed E-state index contributed by atoms with van der Waals surface area (Å²) in [5.74, 6) is 0. The van der Waals surface area contributed by atoms with Crippen molar-refractivity contribution < 1.29 is 13.3 Å². The van der Waals surface area contributed by atoms with Gasteiger partial charge in [-0.1, -0.05) is 42.5 Å². The van der Waals surface area contributed by atoms with Crippen molar-refractivity contribution in [2.75, 3.05) is 11.9 Å². The molecule has 0 bridgehead atoms. The van der Waals surface area contributed by atoms with Crippen molar-refractivity contribution in [3.8, 4) is 6.07 Å². The highest BCUT2D eigenvalue weighted by atomic mass is 32.2. The van der Waals surface area contributed by atoms with Crippen LogP contribution in [0.25, 0.3) is 21.7 Å². The first-order valence-corrected chi connectivity index (χ1v) is 12.5. The minimum atomic E-state index is -3.76. The summed E-state index contributed by atoms with van der Waals surface area (Å²) in [4.78, 5) is 13.3. The number of nitro benzene ring substituents is 1. The van der Waals surface area contributed by atoms with E-state index in [0.29, 0.717) is 22.8 Å². The molecule has 0 aliphatic heterocycles. The molecular weight excluding hydrogens is 476 g/mol. The van der Waals surface area contributed by atoms with Gasteiger partial charge < -0.3 is 4.90 Å². The van der Waals surface area contributed by atoms with Gasteiger partial charge in [0.1, 0.15) is 6.07 Å². The zero-order valence-corrected chi connectivity index (χ0v) is 20.0. The molecule has 1 heterocycles. The Kier molecular flexibility index (Phi) is 5.66. The van der Waals surface area contributed by atoms with Crippen LogP contribution < -0.4 is 4.90 Å². The maximum atomic E-state index is 13.2. The molecule has 5 aromatic rings. The van der Waals surface area contributed by atoms with Crippen molar-refractivity contribution in [1.82, 2.24) is 3.97 Å². The van der Waals surface area contributed by atoms with E-state index in [1.807, 2.05) is 24.1 Å². The van der Waals surface area contributed by atoms with Gasteiger partial charge in [-0.3, -0.25) is 10.1 Å². The van der Waals surface area contributed by atoms with Crippen LogP contribution >= 0.6 is 0 Å². The lowest BCUT2D eigenvalue weighted by Crippen LogP contribution is -2.17. The first-order chi connectivity index (χ1) is 17.3. The second-order valence-corrected chi connectivity index (χ2v) is 10.2. The van der Waals surface area contributed by atoms with E-state index in [1.54, 1.807) is 72.9 Å². The lowest BCUT2D eigenvalue weighted by Gasteiger charge is -2.22. The van der Waals surface area contributed by atoms with E-state index < -0.39 is 14.9 Å². The van der Waals surface area contributed by atoms with Crippen LogP contribution in [-0.4, -0.2) is 24.4 Å². The van der Waals surface area contributed by atoms with Crippen molar-refractivity contribution in [3.05, 3.63) is 112 Å². The van der Waals surface area contributed by atoms with Crippen molar-refractivity contribution in [2.45, 2.75) is 11.4 Å². The molecule has 178 valence electrons. The van der Waals surface area contributed by atoms with Gasteiger partial charge >= 0.3 is 0 Å². The smallest absolute Gasteiger partial charge is 0.278 e. The third-order valence-electron chi connectivity index (χ3n) is 6.22. The molecule has 0 N–H and O–H groups in total. The molecule has 0 fully saturated rings. The van der Waals surface area contributed by atoms with E-state index >= 15 is 0 Å². The van der Waals surface area contributed by atoms with Gasteiger partial charge in [0.2, 0.25) is 0 Å². The first kappa shape index (κ1) is 23.1. The fourth-order valence-corrected chi connectivity index (χ4v) is 5.92. The summed E-state index contributed by atoms with van der Waals surface area (Å²) in [6.45, 7) is 0.413. The fourth-order valence-electron chi connectivity index (χ4n) is 4.55. The fraction of sp³-hybridized carbons (Fsp3) is 0.0741. The Morgan fingerprint density at radius 3 is 2.42 bits per heavy atom. The number of nitriles is 1. The molecule has 0 unspecified atom stereocenters. The van der Waals surface area contributed by atoms with Gasteiger partial charge in [0.25, 0.3) is 15.7 Å². The molecule has 4 aromatic carbocycles. The molecule has 0 aliphatic rings. The summed E-state index contributed by atoms with van der Waals surface area (Å²) < 4.78 is 27.7. The minimum Gasteiger partial charge on any atom is -0.370 e. The number of benzene rings is 4. The molecule has 0 amide bonds. The highest BCUT2D eigenvalue weighted by molar-refractivity contribution is 7.90.